The SMILES string of the molecule is COc1ccc(C(C)Nc2cc(Br)nc(C)n2)cc1OC. The zero-order chi connectivity index (χ0) is 15.4. The normalized spacial score (nSPS) is 11.9. The van der Waals surface area contributed by atoms with Gasteiger partial charge in [0, 0.05) is 6.07 Å². The van der Waals surface area contributed by atoms with Gasteiger partial charge < -0.3 is 14.8 Å². The second-order valence-corrected chi connectivity index (χ2v) is 5.42. The molecule has 2 aromatic rings. The molecule has 1 atom stereocenters. The van der Waals surface area contributed by atoms with Gasteiger partial charge in [-0.05, 0) is 47.5 Å². The molecule has 0 fully saturated rings. The highest BCUT2D eigenvalue weighted by Crippen LogP contribution is 2.31. The maximum absolute atomic E-state index is 5.33. The topological polar surface area (TPSA) is 56.3 Å². The smallest absolute Gasteiger partial charge is 0.161 e. The van der Waals surface area contributed by atoms with Crippen LogP contribution in [0.1, 0.15) is 24.4 Å². The van der Waals surface area contributed by atoms with Gasteiger partial charge in [-0.15, -0.1) is 0 Å². The Morgan fingerprint density at radius 1 is 1.10 bits per heavy atom. The van der Waals surface area contributed by atoms with Gasteiger partial charge in [-0.3, -0.25) is 0 Å². The Morgan fingerprint density at radius 3 is 2.43 bits per heavy atom. The first-order valence-electron chi connectivity index (χ1n) is 6.53. The fraction of sp³-hybridized carbons (Fsp3) is 0.333. The molecule has 0 radical (unpaired) electrons. The minimum absolute atomic E-state index is 0.0750. The number of aryl methyl sites for hydroxylation is 1. The van der Waals surface area contributed by atoms with Crippen molar-refractivity contribution in [2.75, 3.05) is 19.5 Å². The molecule has 0 amide bonds. The Labute approximate surface area is 132 Å². The molecule has 0 saturated heterocycles. The van der Waals surface area contributed by atoms with Crippen molar-refractivity contribution in [3.63, 3.8) is 0 Å². The lowest BCUT2D eigenvalue weighted by Gasteiger charge is -2.17. The van der Waals surface area contributed by atoms with Crippen molar-refractivity contribution < 1.29 is 9.47 Å². The monoisotopic (exact) mass is 351 g/mol. The third kappa shape index (κ3) is 3.85. The largest absolute Gasteiger partial charge is 0.493 e. The second-order valence-electron chi connectivity index (χ2n) is 4.60. The maximum atomic E-state index is 5.33. The van der Waals surface area contributed by atoms with E-state index in [1.165, 1.54) is 0 Å². The Morgan fingerprint density at radius 2 is 1.81 bits per heavy atom. The minimum Gasteiger partial charge on any atom is -0.493 e. The summed E-state index contributed by atoms with van der Waals surface area (Å²) in [6, 6.07) is 7.78. The van der Waals surface area contributed by atoms with Crippen molar-refractivity contribution in [1.29, 1.82) is 0 Å². The molecule has 0 spiro atoms. The quantitative estimate of drug-likeness (QED) is 0.831. The first-order chi connectivity index (χ1) is 10.0. The molecule has 0 saturated carbocycles. The van der Waals surface area contributed by atoms with Gasteiger partial charge in [0.05, 0.1) is 20.3 Å². The van der Waals surface area contributed by atoms with Gasteiger partial charge >= 0.3 is 0 Å². The van der Waals surface area contributed by atoms with Crippen LogP contribution in [0, 0.1) is 6.92 Å². The van der Waals surface area contributed by atoms with Gasteiger partial charge in [0.2, 0.25) is 0 Å². The van der Waals surface area contributed by atoms with Gasteiger partial charge in [-0.25, -0.2) is 9.97 Å². The van der Waals surface area contributed by atoms with Crippen LogP contribution in [0.25, 0.3) is 0 Å². The predicted molar refractivity (Wildman–Crippen MR) is 86.1 cm³/mol. The third-order valence-electron chi connectivity index (χ3n) is 3.08. The van der Waals surface area contributed by atoms with E-state index in [2.05, 4.69) is 38.1 Å². The summed E-state index contributed by atoms with van der Waals surface area (Å²) in [6.45, 7) is 3.92. The number of methoxy groups -OCH3 is 2. The molecule has 2 rings (SSSR count). The van der Waals surface area contributed by atoms with Crippen LogP contribution in [0.4, 0.5) is 5.82 Å². The molecule has 0 bridgehead atoms. The lowest BCUT2D eigenvalue weighted by Crippen LogP contribution is -2.09. The van der Waals surface area contributed by atoms with Crippen molar-refractivity contribution in [2.45, 2.75) is 19.9 Å². The molecule has 21 heavy (non-hydrogen) atoms. The number of ether oxygens (including phenoxy) is 2. The fourth-order valence-corrected chi connectivity index (χ4v) is 2.51. The van der Waals surface area contributed by atoms with E-state index >= 15 is 0 Å². The number of hydrogen-bond acceptors (Lipinski definition) is 5. The van der Waals surface area contributed by atoms with Gasteiger partial charge in [-0.2, -0.15) is 0 Å². The maximum Gasteiger partial charge on any atom is 0.161 e. The van der Waals surface area contributed by atoms with E-state index in [0.717, 1.165) is 16.0 Å². The zero-order valence-corrected chi connectivity index (χ0v) is 14.1. The molecule has 0 aliphatic heterocycles. The van der Waals surface area contributed by atoms with Gasteiger partial charge in [0.15, 0.2) is 11.5 Å². The van der Waals surface area contributed by atoms with E-state index in [4.69, 9.17) is 9.47 Å². The summed E-state index contributed by atoms with van der Waals surface area (Å²) in [6.07, 6.45) is 0. The lowest BCUT2D eigenvalue weighted by molar-refractivity contribution is 0.354. The van der Waals surface area contributed by atoms with Crippen LogP contribution in [-0.4, -0.2) is 24.2 Å². The van der Waals surface area contributed by atoms with Gasteiger partial charge in [-0.1, -0.05) is 6.07 Å². The average Bonchev–Trinajstić information content (AvgIpc) is 2.45. The predicted octanol–water partition coefficient (Wildman–Crippen LogP) is 3.74. The second kappa shape index (κ2) is 6.76. The van der Waals surface area contributed by atoms with E-state index in [9.17, 15) is 0 Å². The number of benzene rings is 1. The lowest BCUT2D eigenvalue weighted by atomic mass is 10.1. The number of nitrogens with one attached hydrogen (secondary N) is 1. The van der Waals surface area contributed by atoms with E-state index in [1.54, 1.807) is 14.2 Å². The molecule has 0 aliphatic carbocycles. The zero-order valence-electron chi connectivity index (χ0n) is 12.5. The summed E-state index contributed by atoms with van der Waals surface area (Å²) in [5.41, 5.74) is 1.08. The average molecular weight is 352 g/mol. The van der Waals surface area contributed by atoms with Crippen LogP contribution in [0.3, 0.4) is 0 Å². The standard InChI is InChI=1S/C15H18BrN3O2/c1-9(17-15-8-14(16)18-10(2)19-15)11-5-6-12(20-3)13(7-11)21-4/h5-9H,1-4H3,(H,17,18,19). The van der Waals surface area contributed by atoms with Crippen molar-refractivity contribution in [2.24, 2.45) is 0 Å². The molecule has 5 nitrogen and oxygen atoms in total. The number of anilines is 1. The summed E-state index contributed by atoms with van der Waals surface area (Å²) in [5, 5.41) is 3.35. The molecular weight excluding hydrogens is 334 g/mol. The minimum atomic E-state index is 0.0750. The van der Waals surface area contributed by atoms with Crippen LogP contribution < -0.4 is 14.8 Å². The number of rotatable bonds is 5. The van der Waals surface area contributed by atoms with Crippen molar-refractivity contribution in [1.82, 2.24) is 9.97 Å². The highest BCUT2D eigenvalue weighted by atomic mass is 79.9. The van der Waals surface area contributed by atoms with E-state index in [-0.39, 0.29) is 6.04 Å². The van der Waals surface area contributed by atoms with E-state index < -0.39 is 0 Å². The Balaban J connectivity index is 2.21. The first-order valence-corrected chi connectivity index (χ1v) is 7.32. The molecular formula is C15H18BrN3O2. The van der Waals surface area contributed by atoms with Crippen LogP contribution >= 0.6 is 15.9 Å². The summed E-state index contributed by atoms with van der Waals surface area (Å²) in [4.78, 5) is 8.56. The van der Waals surface area contributed by atoms with E-state index in [0.29, 0.717) is 17.3 Å². The van der Waals surface area contributed by atoms with Crippen molar-refractivity contribution >= 4 is 21.7 Å². The summed E-state index contributed by atoms with van der Waals surface area (Å²) < 4.78 is 11.3. The van der Waals surface area contributed by atoms with Gasteiger partial charge in [0.1, 0.15) is 16.2 Å². The van der Waals surface area contributed by atoms with Crippen molar-refractivity contribution in [3.8, 4) is 11.5 Å². The number of hydrogen-bond donors (Lipinski definition) is 1. The van der Waals surface area contributed by atoms with Crippen LogP contribution in [-0.2, 0) is 0 Å². The van der Waals surface area contributed by atoms with Gasteiger partial charge in [0.25, 0.3) is 0 Å². The number of halogens is 1. The Kier molecular flexibility index (Phi) is 5.01. The highest BCUT2D eigenvalue weighted by Gasteiger charge is 2.11. The molecule has 0 aliphatic rings. The molecule has 1 unspecified atom stereocenters. The number of aromatic nitrogens is 2. The van der Waals surface area contributed by atoms with Crippen LogP contribution in [0.2, 0.25) is 0 Å². The Bertz CT molecular complexity index is 614. The molecule has 112 valence electrons. The summed E-state index contributed by atoms with van der Waals surface area (Å²) in [5.74, 6) is 2.92. The van der Waals surface area contributed by atoms with Crippen LogP contribution in [0.15, 0.2) is 28.9 Å². The van der Waals surface area contributed by atoms with Crippen molar-refractivity contribution in [3.05, 3.63) is 40.3 Å². The number of nitrogens with zero attached hydrogens (tertiary/aromatic N) is 2. The van der Waals surface area contributed by atoms with Crippen LogP contribution in [0.5, 0.6) is 11.5 Å². The Hall–Kier alpha value is -1.82. The molecule has 6 heteroatoms. The summed E-state index contributed by atoms with van der Waals surface area (Å²) in [7, 11) is 3.25. The highest BCUT2D eigenvalue weighted by molar-refractivity contribution is 9.10. The molecule has 1 N–H and O–H groups in total. The van der Waals surface area contributed by atoms with E-state index in [1.807, 2.05) is 31.2 Å². The first kappa shape index (κ1) is 15.6. The molecule has 1 aromatic carbocycles. The fourth-order valence-electron chi connectivity index (χ4n) is 2.03. The molecule has 1 heterocycles. The molecule has 1 aromatic heterocycles. The summed E-state index contributed by atoms with van der Waals surface area (Å²) >= 11 is 3.37. The third-order valence-corrected chi connectivity index (χ3v) is 3.48.